The number of methoxy groups -OCH3 is 1. The van der Waals surface area contributed by atoms with Crippen LogP contribution in [0.25, 0.3) is 0 Å². The van der Waals surface area contributed by atoms with Crippen molar-refractivity contribution in [3.63, 3.8) is 0 Å². The van der Waals surface area contributed by atoms with Crippen molar-refractivity contribution in [1.82, 2.24) is 5.16 Å². The Bertz CT molecular complexity index is 262. The first-order valence-electron chi connectivity index (χ1n) is 3.23. The summed E-state index contributed by atoms with van der Waals surface area (Å²) in [5, 5.41) is 11.8. The monoisotopic (exact) mass is 152 g/mol. The zero-order chi connectivity index (χ0) is 8.10. The highest BCUT2D eigenvalue weighted by Crippen LogP contribution is 2.11. The molecule has 0 fully saturated rings. The summed E-state index contributed by atoms with van der Waals surface area (Å²) < 4.78 is 9.62. The van der Waals surface area contributed by atoms with Gasteiger partial charge in [-0.25, -0.2) is 0 Å². The van der Waals surface area contributed by atoms with E-state index in [4.69, 9.17) is 14.5 Å². The van der Waals surface area contributed by atoms with E-state index in [1.165, 1.54) is 7.11 Å². The predicted molar refractivity (Wildman–Crippen MR) is 37.0 cm³/mol. The molecule has 1 rings (SSSR count). The maximum Gasteiger partial charge on any atom is 0.254 e. The normalized spacial score (nSPS) is 9.09. The van der Waals surface area contributed by atoms with Crippen LogP contribution in [-0.4, -0.2) is 12.3 Å². The molecule has 1 aromatic heterocycles. The van der Waals surface area contributed by atoms with Gasteiger partial charge in [-0.2, -0.15) is 5.26 Å². The van der Waals surface area contributed by atoms with Crippen LogP contribution < -0.4 is 4.74 Å². The maximum atomic E-state index is 8.25. The summed E-state index contributed by atoms with van der Waals surface area (Å²) in [5.41, 5.74) is 0. The van der Waals surface area contributed by atoms with E-state index in [0.717, 1.165) is 0 Å². The first-order valence-corrected chi connectivity index (χ1v) is 3.23. The predicted octanol–water partition coefficient (Wildman–Crippen LogP) is 1.14. The Morgan fingerprint density at radius 2 is 2.64 bits per heavy atom. The molecule has 0 aliphatic heterocycles. The van der Waals surface area contributed by atoms with E-state index in [-0.39, 0.29) is 0 Å². The van der Waals surface area contributed by atoms with Crippen LogP contribution in [0.5, 0.6) is 5.88 Å². The summed E-state index contributed by atoms with van der Waals surface area (Å²) in [5.74, 6) is 1.14. The van der Waals surface area contributed by atoms with Crippen LogP contribution in [0.15, 0.2) is 10.6 Å². The molecule has 0 atom stereocenters. The number of ether oxygens (including phenoxy) is 1. The highest BCUT2D eigenvalue weighted by atomic mass is 16.5. The van der Waals surface area contributed by atoms with Crippen molar-refractivity contribution in [2.75, 3.05) is 7.11 Å². The second-order valence-corrected chi connectivity index (χ2v) is 1.99. The van der Waals surface area contributed by atoms with Crippen LogP contribution in [0.2, 0.25) is 0 Å². The second-order valence-electron chi connectivity index (χ2n) is 1.99. The molecule has 0 aliphatic rings. The fourth-order valence-corrected chi connectivity index (χ4v) is 0.687. The number of aromatic nitrogens is 1. The molecule has 58 valence electrons. The molecule has 1 heterocycles. The third-order valence-corrected chi connectivity index (χ3v) is 1.23. The van der Waals surface area contributed by atoms with Gasteiger partial charge >= 0.3 is 0 Å². The Balaban J connectivity index is 2.53. The molecular weight excluding hydrogens is 144 g/mol. The SMILES string of the molecule is COc1cc(CCC#N)on1. The minimum absolute atomic E-state index is 0.443. The molecule has 4 heteroatoms. The van der Waals surface area contributed by atoms with E-state index in [2.05, 4.69) is 5.16 Å². The molecule has 0 saturated carbocycles. The van der Waals surface area contributed by atoms with Crippen LogP contribution in [0.1, 0.15) is 12.2 Å². The third kappa shape index (κ3) is 1.97. The van der Waals surface area contributed by atoms with Gasteiger partial charge in [0, 0.05) is 18.9 Å². The van der Waals surface area contributed by atoms with Crippen molar-refractivity contribution >= 4 is 0 Å². The molecule has 0 saturated heterocycles. The van der Waals surface area contributed by atoms with Gasteiger partial charge in [-0.3, -0.25) is 0 Å². The first kappa shape index (κ1) is 7.61. The lowest BCUT2D eigenvalue weighted by Crippen LogP contribution is -1.79. The third-order valence-electron chi connectivity index (χ3n) is 1.23. The Labute approximate surface area is 64.4 Å². The first-order chi connectivity index (χ1) is 5.36. The molecule has 11 heavy (non-hydrogen) atoms. The van der Waals surface area contributed by atoms with Crippen LogP contribution in [0.4, 0.5) is 0 Å². The largest absolute Gasteiger partial charge is 0.479 e. The number of nitrogens with zero attached hydrogens (tertiary/aromatic N) is 2. The van der Waals surface area contributed by atoms with E-state index in [1.807, 2.05) is 6.07 Å². The van der Waals surface area contributed by atoms with Crippen molar-refractivity contribution in [3.8, 4) is 11.9 Å². The van der Waals surface area contributed by atoms with Gasteiger partial charge in [-0.05, 0) is 5.16 Å². The van der Waals surface area contributed by atoms with E-state index in [0.29, 0.717) is 24.5 Å². The van der Waals surface area contributed by atoms with Crippen LogP contribution in [-0.2, 0) is 6.42 Å². The Kier molecular flexibility index (Phi) is 2.50. The minimum Gasteiger partial charge on any atom is -0.479 e. The van der Waals surface area contributed by atoms with Gasteiger partial charge in [0.05, 0.1) is 13.2 Å². The lowest BCUT2D eigenvalue weighted by Gasteiger charge is -1.84. The van der Waals surface area contributed by atoms with E-state index < -0.39 is 0 Å². The van der Waals surface area contributed by atoms with Gasteiger partial charge in [0.2, 0.25) is 0 Å². The van der Waals surface area contributed by atoms with Crippen molar-refractivity contribution in [3.05, 3.63) is 11.8 Å². The molecule has 0 amide bonds. The molecule has 1 aromatic rings. The number of hydrogen-bond donors (Lipinski definition) is 0. The van der Waals surface area contributed by atoms with E-state index >= 15 is 0 Å². The zero-order valence-corrected chi connectivity index (χ0v) is 6.20. The zero-order valence-electron chi connectivity index (χ0n) is 6.20. The highest BCUT2D eigenvalue weighted by Gasteiger charge is 2.01. The summed E-state index contributed by atoms with van der Waals surface area (Å²) in [6.07, 6.45) is 1.03. The molecular formula is C7H8N2O2. The van der Waals surface area contributed by atoms with Gasteiger partial charge in [0.1, 0.15) is 5.76 Å². The van der Waals surface area contributed by atoms with Crippen molar-refractivity contribution in [2.24, 2.45) is 0 Å². The molecule has 4 nitrogen and oxygen atoms in total. The highest BCUT2D eigenvalue weighted by molar-refractivity contribution is 5.11. The number of aryl methyl sites for hydroxylation is 1. The topological polar surface area (TPSA) is 59.0 Å². The van der Waals surface area contributed by atoms with E-state index in [9.17, 15) is 0 Å². The van der Waals surface area contributed by atoms with Crippen LogP contribution in [0, 0.1) is 11.3 Å². The van der Waals surface area contributed by atoms with Crippen LogP contribution >= 0.6 is 0 Å². The van der Waals surface area contributed by atoms with Crippen molar-refractivity contribution < 1.29 is 9.26 Å². The summed E-state index contributed by atoms with van der Waals surface area (Å²) in [4.78, 5) is 0. The summed E-state index contributed by atoms with van der Waals surface area (Å²) in [6, 6.07) is 3.69. The molecule has 0 bridgehead atoms. The molecule has 0 spiro atoms. The lowest BCUT2D eigenvalue weighted by molar-refractivity contribution is 0.327. The second kappa shape index (κ2) is 3.62. The Morgan fingerprint density at radius 1 is 1.82 bits per heavy atom. The fraction of sp³-hybridized carbons (Fsp3) is 0.429. The van der Waals surface area contributed by atoms with Crippen molar-refractivity contribution in [1.29, 1.82) is 5.26 Å². The van der Waals surface area contributed by atoms with Crippen molar-refractivity contribution in [2.45, 2.75) is 12.8 Å². The van der Waals surface area contributed by atoms with Gasteiger partial charge in [-0.15, -0.1) is 0 Å². The summed E-state index contributed by atoms with van der Waals surface area (Å²) in [7, 11) is 1.52. The van der Waals surface area contributed by atoms with Gasteiger partial charge < -0.3 is 9.26 Å². The Hall–Kier alpha value is -1.50. The average Bonchev–Trinajstić information content (AvgIpc) is 2.48. The fourth-order valence-electron chi connectivity index (χ4n) is 0.687. The molecule has 0 N–H and O–H groups in total. The van der Waals surface area contributed by atoms with Gasteiger partial charge in [-0.1, -0.05) is 0 Å². The minimum atomic E-state index is 0.443. The number of hydrogen-bond acceptors (Lipinski definition) is 4. The number of nitriles is 1. The molecule has 0 aliphatic carbocycles. The molecule has 0 unspecified atom stereocenters. The van der Waals surface area contributed by atoms with E-state index in [1.54, 1.807) is 6.07 Å². The molecule has 0 radical (unpaired) electrons. The maximum absolute atomic E-state index is 8.25. The van der Waals surface area contributed by atoms with Gasteiger partial charge in [0.15, 0.2) is 0 Å². The molecule has 0 aromatic carbocycles. The average molecular weight is 152 g/mol. The Morgan fingerprint density at radius 3 is 3.18 bits per heavy atom. The standard InChI is InChI=1S/C7H8N2O2/c1-10-7-5-6(11-9-7)3-2-4-8/h5H,2-3H2,1H3. The number of rotatable bonds is 3. The lowest BCUT2D eigenvalue weighted by atomic mass is 10.3. The van der Waals surface area contributed by atoms with Crippen LogP contribution in [0.3, 0.4) is 0 Å². The summed E-state index contributed by atoms with van der Waals surface area (Å²) in [6.45, 7) is 0. The summed E-state index contributed by atoms with van der Waals surface area (Å²) >= 11 is 0. The van der Waals surface area contributed by atoms with Gasteiger partial charge in [0.25, 0.3) is 5.88 Å². The smallest absolute Gasteiger partial charge is 0.254 e. The quantitative estimate of drug-likeness (QED) is 0.651.